The second-order valence-electron chi connectivity index (χ2n) is 2.97. The standard InChI is InChI=1S/C9H8ClNO2/c10-8-4-11-6(5-12)3-9(8)13-7-1-2-7/h3-5,7H,1-2H2. The van der Waals surface area contributed by atoms with Crippen molar-refractivity contribution in [3.05, 3.63) is 23.0 Å². The van der Waals surface area contributed by atoms with Gasteiger partial charge < -0.3 is 4.74 Å². The molecule has 0 amide bonds. The molecule has 1 heterocycles. The quantitative estimate of drug-likeness (QED) is 0.697. The van der Waals surface area contributed by atoms with Crippen LogP contribution in [0.1, 0.15) is 23.3 Å². The van der Waals surface area contributed by atoms with Crippen molar-refractivity contribution in [2.75, 3.05) is 0 Å². The van der Waals surface area contributed by atoms with Crippen molar-refractivity contribution in [1.82, 2.24) is 4.98 Å². The zero-order valence-corrected chi connectivity index (χ0v) is 7.62. The molecule has 13 heavy (non-hydrogen) atoms. The molecule has 4 heteroatoms. The number of nitrogens with zero attached hydrogens (tertiary/aromatic N) is 1. The van der Waals surface area contributed by atoms with Crippen LogP contribution in [0.2, 0.25) is 5.02 Å². The van der Waals surface area contributed by atoms with Crippen LogP contribution in [0.25, 0.3) is 0 Å². The molecule has 0 bridgehead atoms. The number of hydrogen-bond donors (Lipinski definition) is 0. The zero-order valence-electron chi connectivity index (χ0n) is 6.87. The van der Waals surface area contributed by atoms with E-state index in [-0.39, 0.29) is 6.10 Å². The van der Waals surface area contributed by atoms with E-state index < -0.39 is 0 Å². The summed E-state index contributed by atoms with van der Waals surface area (Å²) in [6.45, 7) is 0. The predicted molar refractivity (Wildman–Crippen MR) is 48.3 cm³/mol. The average Bonchev–Trinajstić information content (AvgIpc) is 2.93. The normalized spacial score (nSPS) is 15.5. The van der Waals surface area contributed by atoms with Gasteiger partial charge >= 0.3 is 0 Å². The van der Waals surface area contributed by atoms with E-state index in [0.717, 1.165) is 12.8 Å². The molecule has 2 rings (SSSR count). The Bertz CT molecular complexity index is 336. The monoisotopic (exact) mass is 197 g/mol. The molecule has 68 valence electrons. The van der Waals surface area contributed by atoms with Crippen LogP contribution < -0.4 is 4.74 Å². The Morgan fingerprint density at radius 3 is 3.00 bits per heavy atom. The molecule has 0 aromatic carbocycles. The van der Waals surface area contributed by atoms with E-state index in [1.807, 2.05) is 0 Å². The molecule has 0 saturated heterocycles. The lowest BCUT2D eigenvalue weighted by atomic mass is 10.3. The van der Waals surface area contributed by atoms with Crippen LogP contribution >= 0.6 is 11.6 Å². The van der Waals surface area contributed by atoms with Crippen molar-refractivity contribution in [2.24, 2.45) is 0 Å². The Kier molecular flexibility index (Phi) is 2.19. The molecule has 1 fully saturated rings. The molecule has 1 saturated carbocycles. The highest BCUT2D eigenvalue weighted by Crippen LogP contribution is 2.31. The van der Waals surface area contributed by atoms with Crippen LogP contribution in [0, 0.1) is 0 Å². The summed E-state index contributed by atoms with van der Waals surface area (Å²) in [5.41, 5.74) is 0.347. The molecule has 0 aliphatic heterocycles. The van der Waals surface area contributed by atoms with Crippen molar-refractivity contribution in [3.63, 3.8) is 0 Å². The lowest BCUT2D eigenvalue weighted by Crippen LogP contribution is -1.98. The van der Waals surface area contributed by atoms with Gasteiger partial charge in [0.1, 0.15) is 16.5 Å². The summed E-state index contributed by atoms with van der Waals surface area (Å²) in [7, 11) is 0. The van der Waals surface area contributed by atoms with E-state index in [1.54, 1.807) is 6.07 Å². The van der Waals surface area contributed by atoms with E-state index in [9.17, 15) is 4.79 Å². The third-order valence-corrected chi connectivity index (χ3v) is 2.06. The number of hydrogen-bond acceptors (Lipinski definition) is 3. The smallest absolute Gasteiger partial charge is 0.168 e. The molecule has 0 spiro atoms. The third-order valence-electron chi connectivity index (χ3n) is 1.78. The first-order valence-electron chi connectivity index (χ1n) is 4.07. The summed E-state index contributed by atoms with van der Waals surface area (Å²) in [4.78, 5) is 14.2. The summed E-state index contributed by atoms with van der Waals surface area (Å²) in [5.74, 6) is 0.557. The number of aldehydes is 1. The highest BCUT2D eigenvalue weighted by molar-refractivity contribution is 6.31. The maximum absolute atomic E-state index is 10.4. The van der Waals surface area contributed by atoms with Crippen molar-refractivity contribution >= 4 is 17.9 Å². The summed E-state index contributed by atoms with van der Waals surface area (Å²) in [6, 6.07) is 1.56. The summed E-state index contributed by atoms with van der Waals surface area (Å²) < 4.78 is 5.47. The van der Waals surface area contributed by atoms with Crippen molar-refractivity contribution in [3.8, 4) is 5.75 Å². The Balaban J connectivity index is 2.24. The molecule has 1 aliphatic rings. The van der Waals surface area contributed by atoms with Crippen molar-refractivity contribution in [1.29, 1.82) is 0 Å². The van der Waals surface area contributed by atoms with E-state index >= 15 is 0 Å². The van der Waals surface area contributed by atoms with Crippen LogP contribution in [0.4, 0.5) is 0 Å². The van der Waals surface area contributed by atoms with Gasteiger partial charge in [0, 0.05) is 6.07 Å². The van der Waals surface area contributed by atoms with E-state index in [0.29, 0.717) is 22.8 Å². The van der Waals surface area contributed by atoms with Crippen LogP contribution in [0.15, 0.2) is 12.3 Å². The average molecular weight is 198 g/mol. The summed E-state index contributed by atoms with van der Waals surface area (Å²) >= 11 is 5.82. The van der Waals surface area contributed by atoms with Crippen molar-refractivity contribution in [2.45, 2.75) is 18.9 Å². The predicted octanol–water partition coefficient (Wildman–Crippen LogP) is 2.09. The molecule has 1 aromatic rings. The van der Waals surface area contributed by atoms with Gasteiger partial charge in [0.05, 0.1) is 12.3 Å². The number of carbonyl (C=O) groups is 1. The maximum Gasteiger partial charge on any atom is 0.168 e. The van der Waals surface area contributed by atoms with Crippen LogP contribution in [0.5, 0.6) is 5.75 Å². The molecular formula is C9H8ClNO2. The second kappa shape index (κ2) is 3.34. The molecule has 0 unspecified atom stereocenters. The van der Waals surface area contributed by atoms with Crippen LogP contribution in [-0.2, 0) is 0 Å². The maximum atomic E-state index is 10.4. The first kappa shape index (κ1) is 8.51. The fraction of sp³-hybridized carbons (Fsp3) is 0.333. The molecule has 1 aromatic heterocycles. The van der Waals surface area contributed by atoms with Gasteiger partial charge in [-0.3, -0.25) is 9.78 Å². The van der Waals surface area contributed by atoms with E-state index in [4.69, 9.17) is 16.3 Å². The van der Waals surface area contributed by atoms with Gasteiger partial charge in [-0.15, -0.1) is 0 Å². The second-order valence-corrected chi connectivity index (χ2v) is 3.38. The Labute approximate surface area is 80.7 Å². The van der Waals surface area contributed by atoms with E-state index in [1.165, 1.54) is 6.20 Å². The highest BCUT2D eigenvalue weighted by Gasteiger charge is 2.24. The minimum absolute atomic E-state index is 0.277. The van der Waals surface area contributed by atoms with Gasteiger partial charge in [-0.2, -0.15) is 0 Å². The van der Waals surface area contributed by atoms with Crippen LogP contribution in [0.3, 0.4) is 0 Å². The number of pyridine rings is 1. The molecule has 1 aliphatic carbocycles. The minimum atomic E-state index is 0.277. The molecule has 0 atom stereocenters. The zero-order chi connectivity index (χ0) is 9.26. The number of halogens is 1. The topological polar surface area (TPSA) is 39.2 Å². The fourth-order valence-corrected chi connectivity index (χ4v) is 1.10. The SMILES string of the molecule is O=Cc1cc(OC2CC2)c(Cl)cn1. The largest absolute Gasteiger partial charge is 0.489 e. The first-order valence-corrected chi connectivity index (χ1v) is 4.45. The molecule has 0 N–H and O–H groups in total. The van der Waals surface area contributed by atoms with Crippen LogP contribution in [-0.4, -0.2) is 17.4 Å². The molecule has 3 nitrogen and oxygen atoms in total. The minimum Gasteiger partial charge on any atom is -0.489 e. The Morgan fingerprint density at radius 1 is 1.62 bits per heavy atom. The highest BCUT2D eigenvalue weighted by atomic mass is 35.5. The number of aromatic nitrogens is 1. The third kappa shape index (κ3) is 1.98. The van der Waals surface area contributed by atoms with Crippen molar-refractivity contribution < 1.29 is 9.53 Å². The fourth-order valence-electron chi connectivity index (χ4n) is 0.956. The van der Waals surface area contributed by atoms with Gasteiger partial charge in [0.25, 0.3) is 0 Å². The number of carbonyl (C=O) groups excluding carboxylic acids is 1. The first-order chi connectivity index (χ1) is 6.29. The summed E-state index contributed by atoms with van der Waals surface area (Å²) in [5, 5.41) is 0.456. The van der Waals surface area contributed by atoms with Gasteiger partial charge in [0.15, 0.2) is 6.29 Å². The van der Waals surface area contributed by atoms with Gasteiger partial charge in [-0.05, 0) is 12.8 Å². The van der Waals surface area contributed by atoms with E-state index in [2.05, 4.69) is 4.98 Å². The molecule has 0 radical (unpaired) electrons. The van der Waals surface area contributed by atoms with Gasteiger partial charge in [-0.25, -0.2) is 0 Å². The molecular weight excluding hydrogens is 190 g/mol. The summed E-state index contributed by atoms with van der Waals surface area (Å²) in [6.07, 6.45) is 4.52. The Morgan fingerprint density at radius 2 is 2.38 bits per heavy atom. The lowest BCUT2D eigenvalue weighted by molar-refractivity contribution is 0.111. The Hall–Kier alpha value is -1.09. The number of ether oxygens (including phenoxy) is 1. The number of rotatable bonds is 3. The lowest BCUT2D eigenvalue weighted by Gasteiger charge is -2.05. The van der Waals surface area contributed by atoms with Gasteiger partial charge in [-0.1, -0.05) is 11.6 Å². The van der Waals surface area contributed by atoms with Gasteiger partial charge in [0.2, 0.25) is 0 Å².